The Kier molecular flexibility index (Phi) is 5.06. The van der Waals surface area contributed by atoms with Crippen LogP contribution in [-0.4, -0.2) is 28.7 Å². The molecule has 16 heavy (non-hydrogen) atoms. The van der Waals surface area contributed by atoms with Gasteiger partial charge < -0.3 is 9.32 Å². The lowest BCUT2D eigenvalue weighted by Crippen LogP contribution is -2.38. The zero-order chi connectivity index (χ0) is 12.1. The lowest BCUT2D eigenvalue weighted by Gasteiger charge is -2.25. The third kappa shape index (κ3) is 2.88. The van der Waals surface area contributed by atoms with Gasteiger partial charge in [-0.1, -0.05) is 22.9 Å². The first-order chi connectivity index (χ1) is 7.61. The zero-order valence-corrected chi connectivity index (χ0v) is 11.6. The van der Waals surface area contributed by atoms with Crippen molar-refractivity contribution in [3.63, 3.8) is 0 Å². The summed E-state index contributed by atoms with van der Waals surface area (Å²) in [6, 6.07) is 1.95. The minimum absolute atomic E-state index is 0.0556. The quantitative estimate of drug-likeness (QED) is 0.780. The number of furan rings is 1. The van der Waals surface area contributed by atoms with E-state index < -0.39 is 0 Å². The summed E-state index contributed by atoms with van der Waals surface area (Å²) in [5.41, 5.74) is 0.692. The SMILES string of the molecule is CCc1occc1C(=O)N(CCBr)C(C)C. The van der Waals surface area contributed by atoms with Crippen molar-refractivity contribution in [2.45, 2.75) is 33.2 Å². The van der Waals surface area contributed by atoms with Crippen LogP contribution in [0.4, 0.5) is 0 Å². The fourth-order valence-electron chi connectivity index (χ4n) is 1.64. The summed E-state index contributed by atoms with van der Waals surface area (Å²) < 4.78 is 5.28. The highest BCUT2D eigenvalue weighted by atomic mass is 79.9. The average molecular weight is 288 g/mol. The third-order valence-electron chi connectivity index (χ3n) is 2.51. The Morgan fingerprint density at radius 2 is 2.25 bits per heavy atom. The van der Waals surface area contributed by atoms with Gasteiger partial charge in [0, 0.05) is 24.3 Å². The first kappa shape index (κ1) is 13.3. The van der Waals surface area contributed by atoms with Crippen molar-refractivity contribution in [2.24, 2.45) is 0 Å². The maximum atomic E-state index is 12.3. The summed E-state index contributed by atoms with van der Waals surface area (Å²) in [7, 11) is 0. The molecule has 0 fully saturated rings. The van der Waals surface area contributed by atoms with Gasteiger partial charge in [-0.2, -0.15) is 0 Å². The molecule has 4 heteroatoms. The number of aryl methyl sites for hydroxylation is 1. The molecular formula is C12H18BrNO2. The number of halogens is 1. The fourth-order valence-corrected chi connectivity index (χ4v) is 2.03. The molecule has 1 heterocycles. The molecule has 1 rings (SSSR count). The largest absolute Gasteiger partial charge is 0.469 e. The predicted octanol–water partition coefficient (Wildman–Crippen LogP) is 3.09. The van der Waals surface area contributed by atoms with Gasteiger partial charge in [-0.3, -0.25) is 4.79 Å². The second-order valence-corrected chi connectivity index (χ2v) is 4.69. The van der Waals surface area contributed by atoms with Crippen molar-refractivity contribution in [1.29, 1.82) is 0 Å². The molecule has 0 aliphatic heterocycles. The summed E-state index contributed by atoms with van der Waals surface area (Å²) in [6.07, 6.45) is 2.33. The Morgan fingerprint density at radius 1 is 1.56 bits per heavy atom. The van der Waals surface area contributed by atoms with Gasteiger partial charge in [-0.15, -0.1) is 0 Å². The highest BCUT2D eigenvalue weighted by Gasteiger charge is 2.21. The van der Waals surface area contributed by atoms with Crippen LogP contribution in [-0.2, 0) is 6.42 Å². The van der Waals surface area contributed by atoms with Crippen LogP contribution in [0.5, 0.6) is 0 Å². The Morgan fingerprint density at radius 3 is 2.75 bits per heavy atom. The summed E-state index contributed by atoms with van der Waals surface area (Å²) in [6.45, 7) is 6.74. The molecule has 0 aromatic carbocycles. The molecule has 3 nitrogen and oxygen atoms in total. The van der Waals surface area contributed by atoms with Gasteiger partial charge in [0.1, 0.15) is 5.76 Å². The van der Waals surface area contributed by atoms with E-state index in [0.717, 1.165) is 17.5 Å². The molecule has 0 bridgehead atoms. The van der Waals surface area contributed by atoms with E-state index in [-0.39, 0.29) is 11.9 Å². The fraction of sp³-hybridized carbons (Fsp3) is 0.583. The molecule has 0 saturated heterocycles. The Labute approximate surface area is 105 Å². The minimum atomic E-state index is 0.0556. The van der Waals surface area contributed by atoms with E-state index in [1.807, 2.05) is 25.7 Å². The highest BCUT2D eigenvalue weighted by molar-refractivity contribution is 9.09. The molecule has 0 aliphatic rings. The first-order valence-corrected chi connectivity index (χ1v) is 6.67. The van der Waals surface area contributed by atoms with Crippen LogP contribution in [0.15, 0.2) is 16.7 Å². The van der Waals surface area contributed by atoms with Crippen LogP contribution in [0, 0.1) is 0 Å². The average Bonchev–Trinajstić information content (AvgIpc) is 2.72. The maximum absolute atomic E-state index is 12.3. The molecule has 0 unspecified atom stereocenters. The number of carbonyl (C=O) groups is 1. The van der Waals surface area contributed by atoms with E-state index in [0.29, 0.717) is 12.1 Å². The second-order valence-electron chi connectivity index (χ2n) is 3.89. The number of alkyl halides is 1. The third-order valence-corrected chi connectivity index (χ3v) is 2.86. The Bertz CT molecular complexity index is 347. The van der Waals surface area contributed by atoms with Crippen LogP contribution < -0.4 is 0 Å². The van der Waals surface area contributed by atoms with E-state index in [1.165, 1.54) is 0 Å². The molecular weight excluding hydrogens is 270 g/mol. The summed E-state index contributed by atoms with van der Waals surface area (Å²) in [4.78, 5) is 14.1. The van der Waals surface area contributed by atoms with Gasteiger partial charge in [-0.25, -0.2) is 0 Å². The van der Waals surface area contributed by atoms with Crippen molar-refractivity contribution >= 4 is 21.8 Å². The topological polar surface area (TPSA) is 33.5 Å². The number of nitrogens with zero attached hydrogens (tertiary/aromatic N) is 1. The summed E-state index contributed by atoms with van der Waals surface area (Å²) in [5.74, 6) is 0.824. The number of amides is 1. The Balaban J connectivity index is 2.90. The molecule has 0 spiro atoms. The van der Waals surface area contributed by atoms with E-state index in [1.54, 1.807) is 12.3 Å². The molecule has 1 amide bonds. The van der Waals surface area contributed by atoms with Crippen molar-refractivity contribution in [3.05, 3.63) is 23.7 Å². The van der Waals surface area contributed by atoms with Crippen LogP contribution in [0.3, 0.4) is 0 Å². The van der Waals surface area contributed by atoms with Crippen molar-refractivity contribution in [3.8, 4) is 0 Å². The van der Waals surface area contributed by atoms with Crippen molar-refractivity contribution in [1.82, 2.24) is 4.90 Å². The monoisotopic (exact) mass is 287 g/mol. The van der Waals surface area contributed by atoms with E-state index in [4.69, 9.17) is 4.42 Å². The lowest BCUT2D eigenvalue weighted by molar-refractivity contribution is 0.0717. The molecule has 0 N–H and O–H groups in total. The van der Waals surface area contributed by atoms with Crippen LogP contribution in [0.25, 0.3) is 0 Å². The van der Waals surface area contributed by atoms with E-state index in [2.05, 4.69) is 15.9 Å². The molecule has 1 aromatic heterocycles. The van der Waals surface area contributed by atoms with Crippen LogP contribution >= 0.6 is 15.9 Å². The van der Waals surface area contributed by atoms with Gasteiger partial charge >= 0.3 is 0 Å². The first-order valence-electron chi connectivity index (χ1n) is 5.55. The highest BCUT2D eigenvalue weighted by Crippen LogP contribution is 2.15. The van der Waals surface area contributed by atoms with Crippen LogP contribution in [0.1, 0.15) is 36.9 Å². The van der Waals surface area contributed by atoms with E-state index >= 15 is 0 Å². The summed E-state index contributed by atoms with van der Waals surface area (Å²) >= 11 is 3.37. The van der Waals surface area contributed by atoms with Gasteiger partial charge in [0.15, 0.2) is 0 Å². The van der Waals surface area contributed by atoms with Crippen molar-refractivity contribution < 1.29 is 9.21 Å². The molecule has 1 aromatic rings. The number of carbonyl (C=O) groups excluding carboxylic acids is 1. The molecule has 0 saturated carbocycles. The predicted molar refractivity (Wildman–Crippen MR) is 68.1 cm³/mol. The van der Waals surface area contributed by atoms with Gasteiger partial charge in [0.2, 0.25) is 0 Å². The molecule has 90 valence electrons. The van der Waals surface area contributed by atoms with E-state index in [9.17, 15) is 4.79 Å². The smallest absolute Gasteiger partial charge is 0.257 e. The molecule has 0 atom stereocenters. The number of hydrogen-bond donors (Lipinski definition) is 0. The standard InChI is InChI=1S/C12H18BrNO2/c1-4-11-10(5-8-16-11)12(15)14(7-6-13)9(2)3/h5,8-9H,4,6-7H2,1-3H3. The zero-order valence-electron chi connectivity index (χ0n) is 10.00. The number of hydrogen-bond acceptors (Lipinski definition) is 2. The second kappa shape index (κ2) is 6.09. The van der Waals surface area contributed by atoms with Crippen molar-refractivity contribution in [2.75, 3.05) is 11.9 Å². The number of rotatable bonds is 5. The minimum Gasteiger partial charge on any atom is -0.469 e. The normalized spacial score (nSPS) is 10.8. The lowest BCUT2D eigenvalue weighted by atomic mass is 10.1. The Hall–Kier alpha value is -0.770. The summed E-state index contributed by atoms with van der Waals surface area (Å²) in [5, 5.41) is 0.788. The van der Waals surface area contributed by atoms with Gasteiger partial charge in [-0.05, 0) is 19.9 Å². The molecule has 0 radical (unpaired) electrons. The maximum Gasteiger partial charge on any atom is 0.257 e. The molecule has 0 aliphatic carbocycles. The van der Waals surface area contributed by atoms with Gasteiger partial charge in [0.05, 0.1) is 11.8 Å². The van der Waals surface area contributed by atoms with Crippen LogP contribution in [0.2, 0.25) is 0 Å². The van der Waals surface area contributed by atoms with Gasteiger partial charge in [0.25, 0.3) is 5.91 Å².